The molecule has 0 aliphatic heterocycles. The van der Waals surface area contributed by atoms with E-state index in [1.807, 2.05) is 22.8 Å². The van der Waals surface area contributed by atoms with Crippen LogP contribution >= 0.6 is 11.3 Å². The highest BCUT2D eigenvalue weighted by Gasteiger charge is 2.20. The van der Waals surface area contributed by atoms with Gasteiger partial charge in [0.05, 0.1) is 11.1 Å². The first-order valence-corrected chi connectivity index (χ1v) is 7.82. The SMILES string of the molecule is Cc1csc(-c2cnc3ccc(NCC4CC4)nn23)c1. The van der Waals surface area contributed by atoms with Gasteiger partial charge in [-0.05, 0) is 54.8 Å². The number of anilines is 1. The van der Waals surface area contributed by atoms with Gasteiger partial charge in [0.1, 0.15) is 11.5 Å². The van der Waals surface area contributed by atoms with Crippen molar-refractivity contribution >= 4 is 22.8 Å². The van der Waals surface area contributed by atoms with E-state index in [1.165, 1.54) is 23.3 Å². The van der Waals surface area contributed by atoms with Gasteiger partial charge in [-0.3, -0.25) is 0 Å². The number of hydrogen-bond donors (Lipinski definition) is 1. The molecule has 1 fully saturated rings. The summed E-state index contributed by atoms with van der Waals surface area (Å²) in [7, 11) is 0. The van der Waals surface area contributed by atoms with Crippen LogP contribution in [0.2, 0.25) is 0 Å². The fraction of sp³-hybridized carbons (Fsp3) is 0.333. The van der Waals surface area contributed by atoms with Gasteiger partial charge in [0.2, 0.25) is 0 Å². The Morgan fingerprint density at radius 2 is 2.30 bits per heavy atom. The summed E-state index contributed by atoms with van der Waals surface area (Å²) in [6, 6.07) is 6.21. The predicted octanol–water partition coefficient (Wildman–Crippen LogP) is 3.59. The lowest BCUT2D eigenvalue weighted by Crippen LogP contribution is -2.07. The number of fused-ring (bicyclic) bond motifs is 1. The highest BCUT2D eigenvalue weighted by molar-refractivity contribution is 7.13. The fourth-order valence-electron chi connectivity index (χ4n) is 2.27. The van der Waals surface area contributed by atoms with Crippen LogP contribution in [0.1, 0.15) is 18.4 Å². The number of aryl methyl sites for hydroxylation is 1. The lowest BCUT2D eigenvalue weighted by atomic mass is 10.3. The Labute approximate surface area is 121 Å². The molecule has 1 aliphatic carbocycles. The van der Waals surface area contributed by atoms with Crippen LogP contribution < -0.4 is 5.32 Å². The largest absolute Gasteiger partial charge is 0.368 e. The molecule has 0 amide bonds. The number of nitrogens with one attached hydrogen (secondary N) is 1. The van der Waals surface area contributed by atoms with Crippen LogP contribution in [0, 0.1) is 12.8 Å². The number of thiophene rings is 1. The molecular weight excluding hydrogens is 268 g/mol. The first kappa shape index (κ1) is 11.9. The molecule has 5 heteroatoms. The zero-order valence-corrected chi connectivity index (χ0v) is 12.2. The third-order valence-electron chi connectivity index (χ3n) is 3.61. The van der Waals surface area contributed by atoms with Crippen molar-refractivity contribution in [3.05, 3.63) is 35.3 Å². The Balaban J connectivity index is 1.71. The van der Waals surface area contributed by atoms with E-state index in [4.69, 9.17) is 0 Å². The van der Waals surface area contributed by atoms with Gasteiger partial charge < -0.3 is 5.32 Å². The maximum Gasteiger partial charge on any atom is 0.154 e. The van der Waals surface area contributed by atoms with Gasteiger partial charge in [0.15, 0.2) is 5.65 Å². The standard InChI is InChI=1S/C15H16N4S/c1-10-6-13(20-9-10)12-8-17-15-5-4-14(18-19(12)15)16-7-11-2-3-11/h4-6,8-9,11H,2-3,7H2,1H3,(H,16,18). The smallest absolute Gasteiger partial charge is 0.154 e. The third kappa shape index (κ3) is 2.18. The van der Waals surface area contributed by atoms with Gasteiger partial charge in [0, 0.05) is 6.54 Å². The minimum Gasteiger partial charge on any atom is -0.368 e. The van der Waals surface area contributed by atoms with Crippen molar-refractivity contribution in [2.24, 2.45) is 5.92 Å². The molecule has 3 heterocycles. The summed E-state index contributed by atoms with van der Waals surface area (Å²) in [4.78, 5) is 5.64. The first-order valence-electron chi connectivity index (χ1n) is 6.94. The average molecular weight is 284 g/mol. The summed E-state index contributed by atoms with van der Waals surface area (Å²) in [5.41, 5.74) is 3.24. The van der Waals surface area contributed by atoms with E-state index in [9.17, 15) is 0 Å². The second-order valence-corrected chi connectivity index (χ2v) is 6.36. The molecule has 20 heavy (non-hydrogen) atoms. The van der Waals surface area contributed by atoms with Crippen LogP contribution in [0.15, 0.2) is 29.8 Å². The zero-order chi connectivity index (χ0) is 13.5. The van der Waals surface area contributed by atoms with Gasteiger partial charge in [0.25, 0.3) is 0 Å². The molecule has 0 spiro atoms. The molecule has 1 aliphatic rings. The number of rotatable bonds is 4. The van der Waals surface area contributed by atoms with Crippen molar-refractivity contribution in [2.45, 2.75) is 19.8 Å². The molecule has 0 unspecified atom stereocenters. The summed E-state index contributed by atoms with van der Waals surface area (Å²) < 4.78 is 1.93. The van der Waals surface area contributed by atoms with Crippen LogP contribution in [0.5, 0.6) is 0 Å². The van der Waals surface area contributed by atoms with Crippen molar-refractivity contribution in [3.8, 4) is 10.6 Å². The van der Waals surface area contributed by atoms with Crippen molar-refractivity contribution < 1.29 is 0 Å². The van der Waals surface area contributed by atoms with E-state index in [0.29, 0.717) is 0 Å². The Hall–Kier alpha value is -1.88. The summed E-state index contributed by atoms with van der Waals surface area (Å²) in [6.45, 7) is 3.14. The van der Waals surface area contributed by atoms with Crippen LogP contribution in [0.3, 0.4) is 0 Å². The second kappa shape index (κ2) is 4.59. The highest BCUT2D eigenvalue weighted by Crippen LogP contribution is 2.29. The highest BCUT2D eigenvalue weighted by atomic mass is 32.1. The maximum absolute atomic E-state index is 4.67. The topological polar surface area (TPSA) is 42.2 Å². The predicted molar refractivity (Wildman–Crippen MR) is 82.3 cm³/mol. The molecule has 3 aromatic rings. The summed E-state index contributed by atoms with van der Waals surface area (Å²) >= 11 is 1.73. The summed E-state index contributed by atoms with van der Waals surface area (Å²) in [5, 5.41) is 10.2. The Kier molecular flexibility index (Phi) is 2.73. The Morgan fingerprint density at radius 3 is 3.05 bits per heavy atom. The maximum atomic E-state index is 4.67. The molecule has 102 valence electrons. The van der Waals surface area contributed by atoms with E-state index < -0.39 is 0 Å². The Bertz CT molecular complexity index is 754. The lowest BCUT2D eigenvalue weighted by molar-refractivity contribution is 0.862. The van der Waals surface area contributed by atoms with E-state index >= 15 is 0 Å². The zero-order valence-electron chi connectivity index (χ0n) is 11.3. The van der Waals surface area contributed by atoms with E-state index in [0.717, 1.165) is 29.6 Å². The molecular formula is C15H16N4S. The van der Waals surface area contributed by atoms with E-state index in [-0.39, 0.29) is 0 Å². The quantitative estimate of drug-likeness (QED) is 0.796. The lowest BCUT2D eigenvalue weighted by Gasteiger charge is -2.05. The van der Waals surface area contributed by atoms with Crippen molar-refractivity contribution in [1.29, 1.82) is 0 Å². The summed E-state index contributed by atoms with van der Waals surface area (Å²) in [6.07, 6.45) is 4.60. The normalized spacial score (nSPS) is 14.8. The molecule has 0 bridgehead atoms. The van der Waals surface area contributed by atoms with Crippen molar-refractivity contribution in [2.75, 3.05) is 11.9 Å². The average Bonchev–Trinajstić information content (AvgIpc) is 3.04. The minimum absolute atomic E-state index is 0.842. The van der Waals surface area contributed by atoms with Crippen LogP contribution in [-0.4, -0.2) is 21.1 Å². The number of aromatic nitrogens is 3. The molecule has 4 rings (SSSR count). The number of hydrogen-bond acceptors (Lipinski definition) is 4. The van der Waals surface area contributed by atoms with Crippen molar-refractivity contribution in [1.82, 2.24) is 14.6 Å². The molecule has 0 atom stereocenters. The molecule has 1 N–H and O–H groups in total. The summed E-state index contributed by atoms with van der Waals surface area (Å²) in [5.74, 6) is 1.77. The van der Waals surface area contributed by atoms with Gasteiger partial charge in [-0.15, -0.1) is 16.4 Å². The minimum atomic E-state index is 0.842. The van der Waals surface area contributed by atoms with Crippen LogP contribution in [-0.2, 0) is 0 Å². The van der Waals surface area contributed by atoms with Gasteiger partial charge >= 0.3 is 0 Å². The van der Waals surface area contributed by atoms with Gasteiger partial charge in [-0.25, -0.2) is 9.50 Å². The molecule has 3 aromatic heterocycles. The third-order valence-corrected chi connectivity index (χ3v) is 4.68. The Morgan fingerprint density at radius 1 is 1.40 bits per heavy atom. The second-order valence-electron chi connectivity index (χ2n) is 5.44. The molecule has 0 aromatic carbocycles. The van der Waals surface area contributed by atoms with E-state index in [1.54, 1.807) is 11.3 Å². The van der Waals surface area contributed by atoms with E-state index in [2.05, 4.69) is 33.8 Å². The number of nitrogens with zero attached hydrogens (tertiary/aromatic N) is 3. The first-order chi connectivity index (χ1) is 9.79. The monoisotopic (exact) mass is 284 g/mol. The molecule has 0 saturated heterocycles. The fourth-order valence-corrected chi connectivity index (χ4v) is 3.17. The van der Waals surface area contributed by atoms with Crippen LogP contribution in [0.4, 0.5) is 5.82 Å². The molecule has 4 nitrogen and oxygen atoms in total. The number of imidazole rings is 1. The molecule has 1 saturated carbocycles. The van der Waals surface area contributed by atoms with Gasteiger partial charge in [-0.2, -0.15) is 0 Å². The van der Waals surface area contributed by atoms with Crippen molar-refractivity contribution in [3.63, 3.8) is 0 Å². The molecule has 0 radical (unpaired) electrons. The van der Waals surface area contributed by atoms with Crippen LogP contribution in [0.25, 0.3) is 16.2 Å². The van der Waals surface area contributed by atoms with Gasteiger partial charge in [-0.1, -0.05) is 0 Å².